The summed E-state index contributed by atoms with van der Waals surface area (Å²) in [7, 11) is 3.36. The van der Waals surface area contributed by atoms with Gasteiger partial charge in [0.25, 0.3) is 5.91 Å². The number of amides is 1. The summed E-state index contributed by atoms with van der Waals surface area (Å²) < 4.78 is 10.9. The first-order valence-electron chi connectivity index (χ1n) is 11.4. The van der Waals surface area contributed by atoms with Crippen LogP contribution in [0.15, 0.2) is 36.4 Å². The Morgan fingerprint density at radius 3 is 2.42 bits per heavy atom. The number of anilines is 1. The molecule has 1 fully saturated rings. The number of para-hydroxylation sites is 1. The van der Waals surface area contributed by atoms with Crippen LogP contribution < -0.4 is 24.2 Å². The van der Waals surface area contributed by atoms with Crippen LogP contribution in [-0.4, -0.2) is 59.4 Å². The number of nitrogens with zero attached hydrogens (tertiary/aromatic N) is 1. The molecule has 0 saturated carbocycles. The average molecular weight is 426 g/mol. The molecule has 31 heavy (non-hydrogen) atoms. The Morgan fingerprint density at radius 1 is 1.00 bits per heavy atom. The number of aryl methyl sites for hydroxylation is 2. The van der Waals surface area contributed by atoms with Gasteiger partial charge in [0.15, 0.2) is 18.0 Å². The SMILES string of the molecule is COc1cc(C)c(C[NH+]2CC[NH+](CC(=O)N3CCCc4ccccc43)CC2)cc1OC. The molecule has 1 amide bonds. The summed E-state index contributed by atoms with van der Waals surface area (Å²) in [5, 5.41) is 0. The highest BCUT2D eigenvalue weighted by Gasteiger charge is 2.29. The molecule has 6 heteroatoms. The number of ether oxygens (including phenoxy) is 2. The van der Waals surface area contributed by atoms with Gasteiger partial charge in [0.05, 0.1) is 14.2 Å². The minimum absolute atomic E-state index is 0.265. The van der Waals surface area contributed by atoms with Gasteiger partial charge in [-0.05, 0) is 49.1 Å². The molecule has 2 N–H and O–H groups in total. The number of benzene rings is 2. The lowest BCUT2D eigenvalue weighted by atomic mass is 10.0. The maximum Gasteiger partial charge on any atom is 0.282 e. The maximum atomic E-state index is 13.0. The molecular weight excluding hydrogens is 390 g/mol. The van der Waals surface area contributed by atoms with Gasteiger partial charge in [-0.15, -0.1) is 0 Å². The minimum atomic E-state index is 0.265. The van der Waals surface area contributed by atoms with Crippen molar-refractivity contribution in [1.82, 2.24) is 0 Å². The molecule has 6 nitrogen and oxygen atoms in total. The maximum absolute atomic E-state index is 13.0. The molecule has 0 spiro atoms. The first kappa shape index (κ1) is 21.7. The van der Waals surface area contributed by atoms with E-state index in [1.165, 1.54) is 21.6 Å². The number of rotatable bonds is 6. The molecule has 2 aromatic carbocycles. The topological polar surface area (TPSA) is 47.7 Å². The van der Waals surface area contributed by atoms with E-state index in [9.17, 15) is 4.79 Å². The van der Waals surface area contributed by atoms with Crippen LogP contribution >= 0.6 is 0 Å². The standard InChI is InChI=1S/C25H33N3O3/c1-19-15-23(30-2)24(31-3)16-21(19)17-26-11-13-27(14-12-26)18-25(29)28-10-6-8-20-7-4-5-9-22(20)28/h4-5,7,9,15-16H,6,8,10-14,17-18H2,1-3H3/p+2. The molecule has 166 valence electrons. The third kappa shape index (κ3) is 4.86. The zero-order valence-electron chi connectivity index (χ0n) is 19.0. The van der Waals surface area contributed by atoms with Crippen molar-refractivity contribution in [3.63, 3.8) is 0 Å². The zero-order valence-corrected chi connectivity index (χ0v) is 19.0. The molecule has 0 radical (unpaired) electrons. The highest BCUT2D eigenvalue weighted by atomic mass is 16.5. The molecule has 0 bridgehead atoms. The van der Waals surface area contributed by atoms with E-state index in [0.717, 1.165) is 69.3 Å². The summed E-state index contributed by atoms with van der Waals surface area (Å²) in [6.45, 7) is 8.77. The van der Waals surface area contributed by atoms with Gasteiger partial charge < -0.3 is 24.2 Å². The predicted molar refractivity (Wildman–Crippen MR) is 121 cm³/mol. The lowest BCUT2D eigenvalue weighted by Crippen LogP contribution is -3.28. The van der Waals surface area contributed by atoms with Gasteiger partial charge in [0.1, 0.15) is 32.7 Å². The third-order valence-electron chi connectivity index (χ3n) is 6.76. The monoisotopic (exact) mass is 425 g/mol. The lowest BCUT2D eigenvalue weighted by molar-refractivity contribution is -1.02. The fourth-order valence-corrected chi connectivity index (χ4v) is 4.90. The molecule has 4 rings (SSSR count). The van der Waals surface area contributed by atoms with Crippen LogP contribution in [0, 0.1) is 6.92 Å². The summed E-state index contributed by atoms with van der Waals surface area (Å²) in [5.41, 5.74) is 4.96. The van der Waals surface area contributed by atoms with E-state index < -0.39 is 0 Å². The number of nitrogens with one attached hydrogen (secondary N) is 2. The molecule has 0 unspecified atom stereocenters. The van der Waals surface area contributed by atoms with Crippen molar-refractivity contribution in [3.05, 3.63) is 53.1 Å². The van der Waals surface area contributed by atoms with Gasteiger partial charge in [-0.2, -0.15) is 0 Å². The number of hydrogen-bond donors (Lipinski definition) is 2. The van der Waals surface area contributed by atoms with Gasteiger partial charge in [-0.1, -0.05) is 18.2 Å². The van der Waals surface area contributed by atoms with Crippen LogP contribution in [0.4, 0.5) is 5.69 Å². The molecule has 2 aliphatic heterocycles. The fraction of sp³-hybridized carbons (Fsp3) is 0.480. The normalized spacial score (nSPS) is 20.8. The summed E-state index contributed by atoms with van der Waals surface area (Å²) in [5.74, 6) is 1.84. The molecule has 0 aromatic heterocycles. The number of piperazine rings is 1. The number of carbonyl (C=O) groups excluding carboxylic acids is 1. The van der Waals surface area contributed by atoms with Crippen LogP contribution in [0.3, 0.4) is 0 Å². The fourth-order valence-electron chi connectivity index (χ4n) is 4.90. The van der Waals surface area contributed by atoms with Crippen LogP contribution in [-0.2, 0) is 17.8 Å². The molecule has 2 heterocycles. The number of fused-ring (bicyclic) bond motifs is 1. The largest absolute Gasteiger partial charge is 0.493 e. The lowest BCUT2D eigenvalue weighted by Gasteiger charge is -2.33. The molecule has 0 atom stereocenters. The average Bonchev–Trinajstić information content (AvgIpc) is 2.80. The highest BCUT2D eigenvalue weighted by molar-refractivity contribution is 5.95. The first-order valence-corrected chi connectivity index (χ1v) is 11.4. The van der Waals surface area contributed by atoms with Crippen LogP contribution in [0.2, 0.25) is 0 Å². The van der Waals surface area contributed by atoms with Gasteiger partial charge in [0, 0.05) is 17.8 Å². The van der Waals surface area contributed by atoms with Crippen molar-refractivity contribution in [3.8, 4) is 11.5 Å². The Bertz CT molecular complexity index is 922. The second-order valence-corrected chi connectivity index (χ2v) is 8.76. The summed E-state index contributed by atoms with van der Waals surface area (Å²) >= 11 is 0. The van der Waals surface area contributed by atoms with E-state index in [1.54, 1.807) is 19.1 Å². The quantitative estimate of drug-likeness (QED) is 0.699. The van der Waals surface area contributed by atoms with E-state index in [4.69, 9.17) is 9.47 Å². The van der Waals surface area contributed by atoms with E-state index in [2.05, 4.69) is 37.3 Å². The van der Waals surface area contributed by atoms with Crippen LogP contribution in [0.25, 0.3) is 0 Å². The van der Waals surface area contributed by atoms with E-state index in [-0.39, 0.29) is 5.91 Å². The Hall–Kier alpha value is -2.57. The van der Waals surface area contributed by atoms with E-state index in [0.29, 0.717) is 6.54 Å². The van der Waals surface area contributed by atoms with Crippen molar-refractivity contribution in [2.24, 2.45) is 0 Å². The van der Waals surface area contributed by atoms with Crippen molar-refractivity contribution in [2.45, 2.75) is 26.3 Å². The first-order chi connectivity index (χ1) is 15.1. The second kappa shape index (κ2) is 9.71. The predicted octanol–water partition coefficient (Wildman–Crippen LogP) is 0.275. The number of methoxy groups -OCH3 is 2. The second-order valence-electron chi connectivity index (χ2n) is 8.76. The van der Waals surface area contributed by atoms with Gasteiger partial charge >= 0.3 is 0 Å². The zero-order chi connectivity index (χ0) is 21.8. The molecular formula is C25H35N3O3+2. The smallest absolute Gasteiger partial charge is 0.282 e. The summed E-state index contributed by atoms with van der Waals surface area (Å²) in [6.07, 6.45) is 2.13. The molecule has 2 aromatic rings. The molecule has 1 saturated heterocycles. The summed E-state index contributed by atoms with van der Waals surface area (Å²) in [6, 6.07) is 12.5. The van der Waals surface area contributed by atoms with E-state index >= 15 is 0 Å². The van der Waals surface area contributed by atoms with Crippen LogP contribution in [0.5, 0.6) is 11.5 Å². The Kier molecular flexibility index (Phi) is 6.78. The third-order valence-corrected chi connectivity index (χ3v) is 6.76. The number of quaternary nitrogens is 2. The Balaban J connectivity index is 1.32. The van der Waals surface area contributed by atoms with Gasteiger partial charge in [-0.25, -0.2) is 0 Å². The van der Waals surface area contributed by atoms with Crippen molar-refractivity contribution in [1.29, 1.82) is 0 Å². The summed E-state index contributed by atoms with van der Waals surface area (Å²) in [4.78, 5) is 18.0. The highest BCUT2D eigenvalue weighted by Crippen LogP contribution is 2.30. The number of carbonyl (C=O) groups is 1. The van der Waals surface area contributed by atoms with Gasteiger partial charge in [0.2, 0.25) is 0 Å². The van der Waals surface area contributed by atoms with Crippen LogP contribution in [0.1, 0.15) is 23.1 Å². The Morgan fingerprint density at radius 2 is 1.68 bits per heavy atom. The van der Waals surface area contributed by atoms with E-state index in [1.807, 2.05) is 11.0 Å². The Labute approximate surface area is 185 Å². The number of hydrogen-bond acceptors (Lipinski definition) is 3. The van der Waals surface area contributed by atoms with Gasteiger partial charge in [-0.3, -0.25) is 4.79 Å². The van der Waals surface area contributed by atoms with Crippen molar-refractivity contribution in [2.75, 3.05) is 58.4 Å². The minimum Gasteiger partial charge on any atom is -0.493 e. The molecule has 0 aliphatic carbocycles. The molecule has 2 aliphatic rings. The van der Waals surface area contributed by atoms with Crippen molar-refractivity contribution >= 4 is 11.6 Å². The van der Waals surface area contributed by atoms with Crippen molar-refractivity contribution < 1.29 is 24.1 Å².